The SMILES string of the molecule is CN(C)C(CNc1ccc(S(=O)(=O)N2CCOCC2)cc1[N+](=O)[O-])c1ccco1. The molecule has 0 saturated carbocycles. The molecule has 2 aromatic rings. The molecule has 0 amide bonds. The van der Waals surface area contributed by atoms with Crippen molar-refractivity contribution in [3.05, 3.63) is 52.5 Å². The number of hydrogen-bond donors (Lipinski definition) is 1. The highest BCUT2D eigenvalue weighted by Gasteiger charge is 2.29. The molecule has 0 radical (unpaired) electrons. The number of furan rings is 1. The van der Waals surface area contributed by atoms with Crippen molar-refractivity contribution in [1.82, 2.24) is 9.21 Å². The van der Waals surface area contributed by atoms with Crippen LogP contribution in [0.4, 0.5) is 11.4 Å². The van der Waals surface area contributed by atoms with Crippen molar-refractivity contribution >= 4 is 21.4 Å². The standard InChI is InChI=1S/C18H24N4O6S/c1-20(2)17(18-4-3-9-28-18)13-19-15-6-5-14(12-16(15)22(23)24)29(25,26)21-7-10-27-11-8-21/h3-6,9,12,17,19H,7-8,10-11,13H2,1-2H3. The molecule has 1 aromatic carbocycles. The van der Waals surface area contributed by atoms with E-state index in [-0.39, 0.29) is 35.4 Å². The number of nitrogens with zero attached hydrogens (tertiary/aromatic N) is 3. The fourth-order valence-corrected chi connectivity index (χ4v) is 4.56. The van der Waals surface area contributed by atoms with Gasteiger partial charge < -0.3 is 14.5 Å². The van der Waals surface area contributed by atoms with Crippen LogP contribution >= 0.6 is 0 Å². The van der Waals surface area contributed by atoms with Gasteiger partial charge in [-0.05, 0) is 38.4 Å². The number of hydrogen-bond acceptors (Lipinski definition) is 8. The van der Waals surface area contributed by atoms with Crippen LogP contribution in [-0.4, -0.2) is 69.5 Å². The Morgan fingerprint density at radius 3 is 2.59 bits per heavy atom. The molecule has 2 heterocycles. The highest BCUT2D eigenvalue weighted by atomic mass is 32.2. The maximum absolute atomic E-state index is 12.8. The number of morpholine rings is 1. The van der Waals surface area contributed by atoms with Crippen LogP contribution in [0.3, 0.4) is 0 Å². The van der Waals surface area contributed by atoms with Gasteiger partial charge in [0, 0.05) is 25.7 Å². The van der Waals surface area contributed by atoms with Crippen molar-refractivity contribution in [2.24, 2.45) is 0 Å². The molecule has 1 fully saturated rings. The summed E-state index contributed by atoms with van der Waals surface area (Å²) < 4.78 is 37.5. The van der Waals surface area contributed by atoms with Gasteiger partial charge in [-0.15, -0.1) is 0 Å². The van der Waals surface area contributed by atoms with Crippen molar-refractivity contribution in [2.45, 2.75) is 10.9 Å². The molecule has 0 aliphatic carbocycles. The Hall–Kier alpha value is -2.47. The largest absolute Gasteiger partial charge is 0.468 e. The van der Waals surface area contributed by atoms with Crippen molar-refractivity contribution in [3.63, 3.8) is 0 Å². The van der Waals surface area contributed by atoms with Crippen LogP contribution in [0.15, 0.2) is 45.9 Å². The Bertz CT molecular complexity index is 939. The molecule has 0 spiro atoms. The molecule has 11 heteroatoms. The zero-order chi connectivity index (χ0) is 21.0. The molecule has 1 unspecified atom stereocenters. The van der Waals surface area contributed by atoms with E-state index in [1.165, 1.54) is 16.4 Å². The van der Waals surface area contributed by atoms with Gasteiger partial charge in [0.2, 0.25) is 10.0 Å². The van der Waals surface area contributed by atoms with Gasteiger partial charge in [-0.3, -0.25) is 15.0 Å². The Morgan fingerprint density at radius 1 is 1.28 bits per heavy atom. The first-order valence-electron chi connectivity index (χ1n) is 9.10. The van der Waals surface area contributed by atoms with E-state index in [0.717, 1.165) is 11.8 Å². The van der Waals surface area contributed by atoms with E-state index in [0.29, 0.717) is 19.8 Å². The van der Waals surface area contributed by atoms with Gasteiger partial charge in [-0.2, -0.15) is 4.31 Å². The van der Waals surface area contributed by atoms with Gasteiger partial charge in [-0.25, -0.2) is 8.42 Å². The van der Waals surface area contributed by atoms with Crippen LogP contribution in [0.25, 0.3) is 0 Å². The minimum Gasteiger partial charge on any atom is -0.468 e. The lowest BCUT2D eigenvalue weighted by atomic mass is 10.2. The molecular weight excluding hydrogens is 400 g/mol. The molecule has 1 aliphatic rings. The summed E-state index contributed by atoms with van der Waals surface area (Å²) in [4.78, 5) is 12.8. The zero-order valence-electron chi connectivity index (χ0n) is 16.3. The van der Waals surface area contributed by atoms with Crippen LogP contribution in [0.2, 0.25) is 0 Å². The third-order valence-corrected chi connectivity index (χ3v) is 6.65. The maximum atomic E-state index is 12.8. The van der Waals surface area contributed by atoms with E-state index >= 15 is 0 Å². The van der Waals surface area contributed by atoms with E-state index in [9.17, 15) is 18.5 Å². The first-order chi connectivity index (χ1) is 13.8. The van der Waals surface area contributed by atoms with Crippen molar-refractivity contribution in [2.75, 3.05) is 52.3 Å². The van der Waals surface area contributed by atoms with E-state index in [4.69, 9.17) is 9.15 Å². The summed E-state index contributed by atoms with van der Waals surface area (Å²) in [7, 11) is -0.0646. The number of nitrogens with one attached hydrogen (secondary N) is 1. The minimum atomic E-state index is -3.82. The number of nitro benzene ring substituents is 1. The number of benzene rings is 1. The van der Waals surface area contributed by atoms with Crippen molar-refractivity contribution < 1.29 is 22.5 Å². The number of likely N-dealkylation sites (N-methyl/N-ethyl adjacent to an activating group) is 1. The Kier molecular flexibility index (Phi) is 6.52. The van der Waals surface area contributed by atoms with Crippen molar-refractivity contribution in [1.29, 1.82) is 0 Å². The van der Waals surface area contributed by atoms with Crippen molar-refractivity contribution in [3.8, 4) is 0 Å². The average Bonchev–Trinajstić information content (AvgIpc) is 3.23. The molecule has 1 atom stereocenters. The van der Waals surface area contributed by atoms with Gasteiger partial charge in [0.15, 0.2) is 0 Å². The van der Waals surface area contributed by atoms with E-state index < -0.39 is 14.9 Å². The molecule has 1 saturated heterocycles. The fraction of sp³-hybridized carbons (Fsp3) is 0.444. The predicted octanol–water partition coefficient (Wildman–Crippen LogP) is 1.92. The summed E-state index contributed by atoms with van der Waals surface area (Å²) in [6.07, 6.45) is 1.57. The topological polar surface area (TPSA) is 118 Å². The summed E-state index contributed by atoms with van der Waals surface area (Å²) in [6.45, 7) is 1.41. The van der Waals surface area contributed by atoms with Crippen LogP contribution in [-0.2, 0) is 14.8 Å². The summed E-state index contributed by atoms with van der Waals surface area (Å²) in [5, 5.41) is 14.6. The second kappa shape index (κ2) is 8.91. The van der Waals surface area contributed by atoms with Crippen LogP contribution < -0.4 is 5.32 Å². The number of sulfonamides is 1. The fourth-order valence-electron chi connectivity index (χ4n) is 3.13. The quantitative estimate of drug-likeness (QED) is 0.504. The molecule has 158 valence electrons. The third-order valence-electron chi connectivity index (χ3n) is 4.75. The van der Waals surface area contributed by atoms with E-state index in [1.54, 1.807) is 12.3 Å². The van der Waals surface area contributed by atoms with Gasteiger partial charge in [0.25, 0.3) is 5.69 Å². The molecule has 3 rings (SSSR count). The molecule has 1 aromatic heterocycles. The van der Waals surface area contributed by atoms with Crippen LogP contribution in [0.1, 0.15) is 11.8 Å². The molecular formula is C18H24N4O6S. The molecule has 10 nitrogen and oxygen atoms in total. The minimum absolute atomic E-state index is 0.105. The lowest BCUT2D eigenvalue weighted by molar-refractivity contribution is -0.384. The Morgan fingerprint density at radius 2 is 2.00 bits per heavy atom. The second-order valence-electron chi connectivity index (χ2n) is 6.83. The zero-order valence-corrected chi connectivity index (χ0v) is 17.1. The lowest BCUT2D eigenvalue weighted by Gasteiger charge is -2.26. The van der Waals surface area contributed by atoms with E-state index in [2.05, 4.69) is 5.32 Å². The molecule has 1 aliphatic heterocycles. The van der Waals surface area contributed by atoms with Gasteiger partial charge in [-0.1, -0.05) is 0 Å². The molecule has 1 N–H and O–H groups in total. The van der Waals surface area contributed by atoms with Crippen LogP contribution in [0, 0.1) is 10.1 Å². The van der Waals surface area contributed by atoms with Gasteiger partial charge in [0.1, 0.15) is 11.4 Å². The number of anilines is 1. The average molecular weight is 424 g/mol. The lowest BCUT2D eigenvalue weighted by Crippen LogP contribution is -2.40. The second-order valence-corrected chi connectivity index (χ2v) is 8.77. The molecule has 29 heavy (non-hydrogen) atoms. The number of ether oxygens (including phenoxy) is 1. The number of rotatable bonds is 8. The Labute approximate surface area is 169 Å². The predicted molar refractivity (Wildman–Crippen MR) is 106 cm³/mol. The number of nitro groups is 1. The first-order valence-corrected chi connectivity index (χ1v) is 10.5. The normalized spacial score (nSPS) is 16.7. The van der Waals surface area contributed by atoms with E-state index in [1.807, 2.05) is 25.1 Å². The smallest absolute Gasteiger partial charge is 0.293 e. The Balaban J connectivity index is 1.84. The third kappa shape index (κ3) is 4.75. The highest BCUT2D eigenvalue weighted by Crippen LogP contribution is 2.30. The highest BCUT2D eigenvalue weighted by molar-refractivity contribution is 7.89. The summed E-state index contributed by atoms with van der Waals surface area (Å²) in [6, 6.07) is 7.38. The maximum Gasteiger partial charge on any atom is 0.293 e. The summed E-state index contributed by atoms with van der Waals surface area (Å²) in [5.74, 6) is 0.719. The van der Waals surface area contributed by atoms with Gasteiger partial charge in [0.05, 0.1) is 35.3 Å². The van der Waals surface area contributed by atoms with Crippen LogP contribution in [0.5, 0.6) is 0 Å². The molecule has 0 bridgehead atoms. The van der Waals surface area contributed by atoms with Gasteiger partial charge >= 0.3 is 0 Å². The monoisotopic (exact) mass is 424 g/mol. The summed E-state index contributed by atoms with van der Waals surface area (Å²) in [5.41, 5.74) is -0.0504. The first kappa shape index (κ1) is 21.2. The summed E-state index contributed by atoms with van der Waals surface area (Å²) >= 11 is 0.